The van der Waals surface area contributed by atoms with Gasteiger partial charge in [0.15, 0.2) is 0 Å². The Kier molecular flexibility index (Phi) is 9.48. The van der Waals surface area contributed by atoms with Crippen molar-refractivity contribution in [3.8, 4) is 0 Å². The van der Waals surface area contributed by atoms with Gasteiger partial charge in [0.05, 0.1) is 18.1 Å². The summed E-state index contributed by atoms with van der Waals surface area (Å²) < 4.78 is 11.4. The number of hydrogen-bond donors (Lipinski definition) is 1. The molecule has 0 atom stereocenters. The molecule has 1 saturated heterocycles. The average Bonchev–Trinajstić information content (AvgIpc) is 3.17. The van der Waals surface area contributed by atoms with Gasteiger partial charge in [-0.3, -0.25) is 14.5 Å². The van der Waals surface area contributed by atoms with Gasteiger partial charge in [-0.2, -0.15) is 0 Å². The van der Waals surface area contributed by atoms with Crippen molar-refractivity contribution in [2.75, 3.05) is 53.6 Å². The number of allylic oxidation sites excluding steroid dienone is 1. The Morgan fingerprint density at radius 3 is 2.67 bits per heavy atom. The second kappa shape index (κ2) is 11.6. The van der Waals surface area contributed by atoms with Crippen molar-refractivity contribution in [1.82, 2.24) is 9.80 Å². The highest BCUT2D eigenvalue weighted by molar-refractivity contribution is 7.14. The molecule has 2 aliphatic heterocycles. The summed E-state index contributed by atoms with van der Waals surface area (Å²) in [5.41, 5.74) is 2.49. The lowest BCUT2D eigenvalue weighted by molar-refractivity contribution is -0.122. The second-order valence-electron chi connectivity index (χ2n) is 7.96. The maximum atomic E-state index is 12.8. The number of methoxy groups -OCH3 is 1. The Morgan fingerprint density at radius 1 is 1.40 bits per heavy atom. The zero-order chi connectivity index (χ0) is 22.1. The summed E-state index contributed by atoms with van der Waals surface area (Å²) in [6.07, 6.45) is 5.21. The van der Waals surface area contributed by atoms with Crippen LogP contribution in [0.15, 0.2) is 17.7 Å². The van der Waals surface area contributed by atoms with Crippen LogP contribution in [0, 0.1) is 0 Å². The third-order valence-corrected chi connectivity index (χ3v) is 6.93. The molecule has 0 unspecified atom stereocenters. The highest BCUT2D eigenvalue weighted by Crippen LogP contribution is 2.45. The van der Waals surface area contributed by atoms with E-state index >= 15 is 0 Å². The van der Waals surface area contributed by atoms with E-state index in [-0.39, 0.29) is 18.0 Å². The molecule has 1 aromatic rings. The molecular weight excluding hydrogens is 404 g/mol. The third kappa shape index (κ3) is 6.14. The van der Waals surface area contributed by atoms with E-state index in [1.165, 1.54) is 16.0 Å². The number of piperidine rings is 1. The van der Waals surface area contributed by atoms with Gasteiger partial charge in [0.25, 0.3) is 12.4 Å². The van der Waals surface area contributed by atoms with E-state index < -0.39 is 0 Å². The average molecular weight is 439 g/mol. The van der Waals surface area contributed by atoms with Gasteiger partial charge in [0, 0.05) is 45.2 Å². The van der Waals surface area contributed by atoms with Gasteiger partial charge in [0.2, 0.25) is 0 Å². The van der Waals surface area contributed by atoms with Gasteiger partial charge >= 0.3 is 0 Å². The molecule has 1 aromatic heterocycles. The van der Waals surface area contributed by atoms with Crippen LogP contribution < -0.4 is 0 Å². The molecule has 8 heteroatoms. The first-order valence-electron chi connectivity index (χ1n) is 10.3. The van der Waals surface area contributed by atoms with Crippen molar-refractivity contribution in [3.63, 3.8) is 0 Å². The van der Waals surface area contributed by atoms with Crippen LogP contribution in [0.4, 0.5) is 0 Å². The number of likely N-dealkylation sites (N-methyl/N-ethyl adjacent to an activating group) is 1. The van der Waals surface area contributed by atoms with Crippen LogP contribution in [0.3, 0.4) is 0 Å². The van der Waals surface area contributed by atoms with Gasteiger partial charge < -0.3 is 19.5 Å². The van der Waals surface area contributed by atoms with Gasteiger partial charge in [-0.1, -0.05) is 11.6 Å². The number of ether oxygens (including phenoxy) is 2. The first-order chi connectivity index (χ1) is 14.4. The van der Waals surface area contributed by atoms with E-state index in [4.69, 9.17) is 19.4 Å². The number of thiophene rings is 1. The number of nitrogens with zero attached hydrogens (tertiary/aromatic N) is 2. The minimum Gasteiger partial charge on any atom is -0.483 e. The van der Waals surface area contributed by atoms with Crippen molar-refractivity contribution >= 4 is 23.7 Å². The number of carboxylic acid groups (broad SMARTS) is 1. The van der Waals surface area contributed by atoms with E-state index in [2.05, 4.69) is 30.9 Å². The molecule has 1 amide bonds. The van der Waals surface area contributed by atoms with Crippen molar-refractivity contribution < 1.29 is 24.2 Å². The van der Waals surface area contributed by atoms with E-state index in [0.717, 1.165) is 50.4 Å². The summed E-state index contributed by atoms with van der Waals surface area (Å²) in [5, 5.41) is 6.89. The molecule has 0 aromatic carbocycles. The summed E-state index contributed by atoms with van der Waals surface area (Å²) in [4.78, 5) is 27.5. The lowest BCUT2D eigenvalue weighted by atomic mass is 9.85. The van der Waals surface area contributed by atoms with Crippen LogP contribution in [0.1, 0.15) is 46.8 Å². The van der Waals surface area contributed by atoms with Crippen molar-refractivity contribution in [3.05, 3.63) is 33.0 Å². The van der Waals surface area contributed by atoms with Crippen LogP contribution in [0.5, 0.6) is 0 Å². The van der Waals surface area contributed by atoms with Crippen LogP contribution in [0.25, 0.3) is 0 Å². The minimum atomic E-state index is -0.250. The lowest BCUT2D eigenvalue weighted by Crippen LogP contribution is -2.46. The fraction of sp³-hybridized carbons (Fsp3) is 0.636. The molecule has 0 bridgehead atoms. The Morgan fingerprint density at radius 2 is 2.07 bits per heavy atom. The number of carbonyl (C=O) groups excluding carboxylic acids is 1. The van der Waals surface area contributed by atoms with Crippen LogP contribution >= 0.6 is 11.3 Å². The maximum Gasteiger partial charge on any atom is 0.290 e. The van der Waals surface area contributed by atoms with E-state index in [1.54, 1.807) is 23.3 Å². The summed E-state index contributed by atoms with van der Waals surface area (Å²) in [6.45, 7) is 9.07. The normalized spacial score (nSPS) is 17.5. The summed E-state index contributed by atoms with van der Waals surface area (Å²) >= 11 is 1.64. The molecule has 0 aliphatic carbocycles. The van der Waals surface area contributed by atoms with Gasteiger partial charge in [-0.15, -0.1) is 11.3 Å². The van der Waals surface area contributed by atoms with Gasteiger partial charge in [0.1, 0.15) is 5.60 Å². The minimum absolute atomic E-state index is 0.0857. The molecule has 1 N–H and O–H groups in total. The third-order valence-electron chi connectivity index (χ3n) is 5.58. The largest absolute Gasteiger partial charge is 0.483 e. The topological polar surface area (TPSA) is 79.3 Å². The number of fused-ring (bicyclic) bond motifs is 2. The summed E-state index contributed by atoms with van der Waals surface area (Å²) in [5.74, 6) is 0.0857. The highest BCUT2D eigenvalue weighted by Gasteiger charge is 2.42. The number of likely N-dealkylation sites (tertiary alicyclic amines) is 1. The van der Waals surface area contributed by atoms with E-state index in [0.29, 0.717) is 13.2 Å². The molecule has 7 nitrogen and oxygen atoms in total. The zero-order valence-electron chi connectivity index (χ0n) is 18.5. The van der Waals surface area contributed by atoms with E-state index in [1.807, 2.05) is 7.05 Å². The SMILES string of the molecule is COCCN(C)C(=O)c1cc2c(s1)C1(CCN(CC=C(C)C)CC1)OCC2.O=CO. The maximum absolute atomic E-state index is 12.8. The molecule has 1 fully saturated rings. The molecule has 2 aliphatic rings. The van der Waals surface area contributed by atoms with E-state index in [9.17, 15) is 4.79 Å². The zero-order valence-corrected chi connectivity index (χ0v) is 19.3. The predicted molar refractivity (Wildman–Crippen MR) is 118 cm³/mol. The van der Waals surface area contributed by atoms with Crippen molar-refractivity contribution in [2.24, 2.45) is 0 Å². The molecule has 1 spiro atoms. The molecule has 3 rings (SSSR count). The number of hydrogen-bond acceptors (Lipinski definition) is 6. The first-order valence-corrected chi connectivity index (χ1v) is 11.1. The summed E-state index contributed by atoms with van der Waals surface area (Å²) in [7, 11) is 3.50. The van der Waals surface area contributed by atoms with Crippen LogP contribution in [-0.2, 0) is 26.3 Å². The predicted octanol–water partition coefficient (Wildman–Crippen LogP) is 3.00. The molecule has 168 valence electrons. The molecule has 0 saturated carbocycles. The monoisotopic (exact) mass is 438 g/mol. The molecule has 30 heavy (non-hydrogen) atoms. The fourth-order valence-electron chi connectivity index (χ4n) is 3.83. The van der Waals surface area contributed by atoms with Crippen LogP contribution in [0.2, 0.25) is 0 Å². The lowest BCUT2D eigenvalue weighted by Gasteiger charge is -2.43. The molecule has 3 heterocycles. The smallest absolute Gasteiger partial charge is 0.290 e. The number of amides is 1. The Labute approximate surface area is 183 Å². The van der Waals surface area contributed by atoms with Crippen molar-refractivity contribution in [1.29, 1.82) is 0 Å². The standard InChI is InChI=1S/C21H32N2O3S.CH2O2/c1-16(2)5-9-23-10-7-21(8-11-23)19-17(6-13-26-21)15-18(27-19)20(24)22(3)12-14-25-4;2-1-3/h5,15H,6-14H2,1-4H3;1H,(H,2,3). The Hall–Kier alpha value is -1.74. The second-order valence-corrected chi connectivity index (χ2v) is 9.02. The quantitative estimate of drug-likeness (QED) is 0.543. The Balaban J connectivity index is 0.00000101. The van der Waals surface area contributed by atoms with Crippen molar-refractivity contribution in [2.45, 2.75) is 38.7 Å². The summed E-state index contributed by atoms with van der Waals surface area (Å²) in [6, 6.07) is 2.10. The molecule has 0 radical (unpaired) electrons. The van der Waals surface area contributed by atoms with Gasteiger partial charge in [-0.05, 0) is 44.7 Å². The van der Waals surface area contributed by atoms with Gasteiger partial charge in [-0.25, -0.2) is 0 Å². The first kappa shape index (κ1) is 24.5. The Bertz CT molecular complexity index is 734. The number of rotatable bonds is 6. The van der Waals surface area contributed by atoms with Crippen LogP contribution in [-0.4, -0.2) is 80.8 Å². The number of carbonyl (C=O) groups is 2. The molecular formula is C22H34N2O5S. The fourth-order valence-corrected chi connectivity index (χ4v) is 5.23. The highest BCUT2D eigenvalue weighted by atomic mass is 32.1.